The van der Waals surface area contributed by atoms with Crippen LogP contribution < -0.4 is 10.1 Å². The number of ether oxygens (including phenoxy) is 2. The summed E-state index contributed by atoms with van der Waals surface area (Å²) in [5.41, 5.74) is 6.05. The first kappa shape index (κ1) is 21.1. The molecular formula is C25H25N5O3. The second kappa shape index (κ2) is 9.01. The molecule has 0 aliphatic carbocycles. The van der Waals surface area contributed by atoms with Crippen molar-refractivity contribution in [3.05, 3.63) is 72.2 Å². The Balaban J connectivity index is 1.43. The van der Waals surface area contributed by atoms with Crippen LogP contribution in [-0.2, 0) is 11.3 Å². The Bertz CT molecular complexity index is 1300. The molecule has 0 saturated heterocycles. The van der Waals surface area contributed by atoms with Crippen molar-refractivity contribution in [2.75, 3.05) is 34.0 Å². The van der Waals surface area contributed by atoms with Gasteiger partial charge in [-0.1, -0.05) is 24.3 Å². The molecule has 3 heterocycles. The third-order valence-corrected chi connectivity index (χ3v) is 5.64. The quantitative estimate of drug-likeness (QED) is 0.493. The molecule has 1 aliphatic rings. The molecule has 5 rings (SSSR count). The number of nitrogens with one attached hydrogen (secondary N) is 1. The van der Waals surface area contributed by atoms with Crippen molar-refractivity contribution in [1.82, 2.24) is 24.6 Å². The summed E-state index contributed by atoms with van der Waals surface area (Å²) in [6.07, 6.45) is 5.56. The van der Waals surface area contributed by atoms with Gasteiger partial charge in [0.2, 0.25) is 0 Å². The van der Waals surface area contributed by atoms with E-state index in [1.165, 1.54) is 0 Å². The van der Waals surface area contributed by atoms with Crippen molar-refractivity contribution in [3.8, 4) is 28.3 Å². The molecule has 0 saturated carbocycles. The maximum Gasteiger partial charge on any atom is 0.251 e. The maximum absolute atomic E-state index is 12.4. The smallest absolute Gasteiger partial charge is 0.251 e. The van der Waals surface area contributed by atoms with Gasteiger partial charge in [-0.05, 0) is 32.3 Å². The number of amides is 1. The number of hydrogen-bond acceptors (Lipinski definition) is 6. The minimum atomic E-state index is -0.0815. The third kappa shape index (κ3) is 4.30. The molecule has 2 aromatic heterocycles. The van der Waals surface area contributed by atoms with Gasteiger partial charge in [-0.15, -0.1) is 0 Å². The van der Waals surface area contributed by atoms with Crippen LogP contribution in [0.5, 0.6) is 5.75 Å². The van der Waals surface area contributed by atoms with Gasteiger partial charge in [0.25, 0.3) is 5.91 Å². The summed E-state index contributed by atoms with van der Waals surface area (Å²) >= 11 is 0. The lowest BCUT2D eigenvalue weighted by molar-refractivity contribution is -0.0160. The lowest BCUT2D eigenvalue weighted by Crippen LogP contribution is -2.31. The Hall–Kier alpha value is -3.75. The van der Waals surface area contributed by atoms with E-state index in [9.17, 15) is 4.79 Å². The van der Waals surface area contributed by atoms with Crippen LogP contribution >= 0.6 is 0 Å². The number of nitrogens with zero attached hydrogens (tertiary/aromatic N) is 4. The van der Waals surface area contributed by atoms with Gasteiger partial charge in [0, 0.05) is 41.5 Å². The van der Waals surface area contributed by atoms with Gasteiger partial charge in [0.1, 0.15) is 5.75 Å². The fourth-order valence-electron chi connectivity index (χ4n) is 3.86. The van der Waals surface area contributed by atoms with Crippen LogP contribution in [-0.4, -0.2) is 59.2 Å². The Morgan fingerprint density at radius 3 is 2.79 bits per heavy atom. The number of carbonyl (C=O) groups is 1. The van der Waals surface area contributed by atoms with Crippen LogP contribution in [0, 0.1) is 0 Å². The highest BCUT2D eigenvalue weighted by Crippen LogP contribution is 2.34. The van der Waals surface area contributed by atoms with E-state index in [4.69, 9.17) is 9.47 Å². The molecule has 0 unspecified atom stereocenters. The molecule has 0 atom stereocenters. The van der Waals surface area contributed by atoms with Gasteiger partial charge in [0.15, 0.2) is 12.4 Å². The van der Waals surface area contributed by atoms with Gasteiger partial charge in [0.05, 0.1) is 30.4 Å². The van der Waals surface area contributed by atoms with Crippen LogP contribution in [0.15, 0.2) is 61.1 Å². The van der Waals surface area contributed by atoms with Gasteiger partial charge < -0.3 is 19.7 Å². The summed E-state index contributed by atoms with van der Waals surface area (Å²) < 4.78 is 13.2. The molecule has 168 valence electrons. The van der Waals surface area contributed by atoms with E-state index in [0.29, 0.717) is 18.7 Å². The van der Waals surface area contributed by atoms with Crippen molar-refractivity contribution in [1.29, 1.82) is 0 Å². The van der Waals surface area contributed by atoms with Crippen LogP contribution in [0.25, 0.3) is 28.2 Å². The van der Waals surface area contributed by atoms with E-state index in [0.717, 1.165) is 46.0 Å². The maximum atomic E-state index is 12.4. The Morgan fingerprint density at radius 1 is 1.12 bits per heavy atom. The van der Waals surface area contributed by atoms with Gasteiger partial charge in [-0.2, -0.15) is 0 Å². The Kier molecular flexibility index (Phi) is 5.77. The van der Waals surface area contributed by atoms with Crippen LogP contribution in [0.1, 0.15) is 15.9 Å². The molecular weight excluding hydrogens is 418 g/mol. The molecule has 8 nitrogen and oxygen atoms in total. The second-order valence-electron chi connectivity index (χ2n) is 8.17. The molecule has 1 N–H and O–H groups in total. The van der Waals surface area contributed by atoms with Crippen molar-refractivity contribution in [2.24, 2.45) is 0 Å². The summed E-state index contributed by atoms with van der Waals surface area (Å²) in [5, 5.41) is 2.93. The van der Waals surface area contributed by atoms with Crippen LogP contribution in [0.4, 0.5) is 0 Å². The second-order valence-corrected chi connectivity index (χ2v) is 8.17. The summed E-state index contributed by atoms with van der Waals surface area (Å²) in [4.78, 5) is 23.5. The summed E-state index contributed by atoms with van der Waals surface area (Å²) in [5.74, 6) is 0.754. The molecule has 0 fully saturated rings. The zero-order valence-electron chi connectivity index (χ0n) is 18.6. The van der Waals surface area contributed by atoms with E-state index in [1.54, 1.807) is 6.20 Å². The molecule has 0 radical (unpaired) electrons. The average Bonchev–Trinajstić information content (AvgIpc) is 3.26. The minimum Gasteiger partial charge on any atom is -0.467 e. The summed E-state index contributed by atoms with van der Waals surface area (Å²) in [7, 11) is 3.95. The van der Waals surface area contributed by atoms with E-state index in [2.05, 4.69) is 15.3 Å². The average molecular weight is 444 g/mol. The monoisotopic (exact) mass is 443 g/mol. The predicted molar refractivity (Wildman–Crippen MR) is 125 cm³/mol. The fraction of sp³-hybridized carbons (Fsp3) is 0.240. The molecule has 2 aromatic carbocycles. The SMILES string of the molecule is CN(C)CCNC(=O)c1ccc(-c2cn3c(-c4cccc5c4COCO5)cnc3cn2)cc1. The van der Waals surface area contributed by atoms with Crippen molar-refractivity contribution in [2.45, 2.75) is 6.61 Å². The first-order valence-corrected chi connectivity index (χ1v) is 10.8. The van der Waals surface area contributed by atoms with E-state index in [-0.39, 0.29) is 12.7 Å². The van der Waals surface area contributed by atoms with Gasteiger partial charge >= 0.3 is 0 Å². The molecule has 1 aliphatic heterocycles. The van der Waals surface area contributed by atoms with E-state index < -0.39 is 0 Å². The highest BCUT2D eigenvalue weighted by molar-refractivity contribution is 5.94. The minimum absolute atomic E-state index is 0.0815. The third-order valence-electron chi connectivity index (χ3n) is 5.64. The molecule has 33 heavy (non-hydrogen) atoms. The van der Waals surface area contributed by atoms with Crippen molar-refractivity contribution in [3.63, 3.8) is 0 Å². The number of hydrogen-bond donors (Lipinski definition) is 1. The number of benzene rings is 2. The van der Waals surface area contributed by atoms with E-state index >= 15 is 0 Å². The number of imidazole rings is 1. The highest BCUT2D eigenvalue weighted by Gasteiger charge is 2.18. The van der Waals surface area contributed by atoms with Gasteiger partial charge in [-0.25, -0.2) is 4.98 Å². The Morgan fingerprint density at radius 2 is 1.97 bits per heavy atom. The number of likely N-dealkylation sites (N-methyl/N-ethyl adjacent to an activating group) is 1. The molecule has 8 heteroatoms. The molecule has 1 amide bonds. The number of carbonyl (C=O) groups excluding carboxylic acids is 1. The summed E-state index contributed by atoms with van der Waals surface area (Å²) in [6, 6.07) is 13.4. The van der Waals surface area contributed by atoms with E-state index in [1.807, 2.05) is 78.3 Å². The van der Waals surface area contributed by atoms with Crippen molar-refractivity contribution >= 4 is 11.6 Å². The molecule has 0 bridgehead atoms. The standard InChI is InChI=1S/C25H25N5O3/c1-29(2)11-10-26-25(31)18-8-6-17(7-9-18)21-14-30-22(12-28-24(30)13-27-21)19-4-3-5-23-20(19)15-32-16-33-23/h3-9,12-14H,10-11,15-16H2,1-2H3,(H,26,31). The Labute approximate surface area is 191 Å². The zero-order valence-corrected chi connectivity index (χ0v) is 18.6. The lowest BCUT2D eigenvalue weighted by Gasteiger charge is -2.20. The van der Waals surface area contributed by atoms with Crippen molar-refractivity contribution < 1.29 is 14.3 Å². The summed E-state index contributed by atoms with van der Waals surface area (Å²) in [6.45, 7) is 2.16. The largest absolute Gasteiger partial charge is 0.467 e. The normalized spacial score (nSPS) is 13.1. The van der Waals surface area contributed by atoms with Gasteiger partial charge in [-0.3, -0.25) is 14.2 Å². The lowest BCUT2D eigenvalue weighted by atomic mass is 10.0. The first-order valence-electron chi connectivity index (χ1n) is 10.8. The predicted octanol–water partition coefficient (Wildman–Crippen LogP) is 3.22. The molecule has 4 aromatic rings. The highest BCUT2D eigenvalue weighted by atomic mass is 16.7. The topological polar surface area (TPSA) is 81.0 Å². The first-order chi connectivity index (χ1) is 16.1. The number of aromatic nitrogens is 3. The number of fused-ring (bicyclic) bond motifs is 2. The van der Waals surface area contributed by atoms with Crippen LogP contribution in [0.3, 0.4) is 0 Å². The van der Waals surface area contributed by atoms with Crippen LogP contribution in [0.2, 0.25) is 0 Å². The fourth-order valence-corrected chi connectivity index (χ4v) is 3.86. The number of rotatable bonds is 6. The molecule has 0 spiro atoms. The zero-order chi connectivity index (χ0) is 22.8.